The fraction of sp³-hybridized carbons (Fsp3) is 0.455. The van der Waals surface area contributed by atoms with Gasteiger partial charge in [0.05, 0.1) is 23.3 Å². The monoisotopic (exact) mass is 590 g/mol. The van der Waals surface area contributed by atoms with Crippen molar-refractivity contribution < 1.29 is 19.5 Å². The molecule has 0 aromatic heterocycles. The molecule has 0 saturated heterocycles. The highest BCUT2D eigenvalue weighted by Crippen LogP contribution is 2.34. The molecule has 2 aliphatic rings. The smallest absolute Gasteiger partial charge is 0.250 e. The number of hydrogen-bond acceptors (Lipinski definition) is 6. The molecule has 2 N–H and O–H groups in total. The average Bonchev–Trinajstić information content (AvgIpc) is 3.32. The number of aliphatic hydroxyl groups is 1. The van der Waals surface area contributed by atoms with Crippen molar-refractivity contribution in [2.45, 2.75) is 70.9 Å². The summed E-state index contributed by atoms with van der Waals surface area (Å²) < 4.78 is -0.127. The first-order chi connectivity index (χ1) is 19.9. The average molecular weight is 591 g/mol. The van der Waals surface area contributed by atoms with Gasteiger partial charge >= 0.3 is 0 Å². The van der Waals surface area contributed by atoms with Crippen LogP contribution in [0.4, 0.5) is 0 Å². The fourth-order valence-corrected chi connectivity index (χ4v) is 6.34. The molecule has 0 radical (unpaired) electrons. The van der Waals surface area contributed by atoms with Gasteiger partial charge in [0, 0.05) is 16.9 Å². The first kappa shape index (κ1) is 31.5. The Morgan fingerprint density at radius 1 is 1.05 bits per heavy atom. The lowest BCUT2D eigenvalue weighted by molar-refractivity contribution is -0.147. The molecule has 2 unspecified atom stereocenters. The van der Waals surface area contributed by atoms with Crippen LogP contribution >= 0.6 is 11.8 Å². The topological polar surface area (TPSA) is 102 Å². The Hall–Kier alpha value is -3.43. The van der Waals surface area contributed by atoms with E-state index < -0.39 is 24.1 Å². The third kappa shape index (κ3) is 7.31. The molecule has 0 saturated carbocycles. The van der Waals surface area contributed by atoms with Crippen molar-refractivity contribution >= 4 is 40.2 Å². The second-order valence-corrected chi connectivity index (χ2v) is 13.9. The van der Waals surface area contributed by atoms with Crippen molar-refractivity contribution in [3.63, 3.8) is 0 Å². The van der Waals surface area contributed by atoms with Crippen LogP contribution in [-0.2, 0) is 20.8 Å². The van der Waals surface area contributed by atoms with E-state index in [0.29, 0.717) is 23.7 Å². The third-order valence-electron chi connectivity index (χ3n) is 7.40. The number of aliphatic hydroxyl groups excluding tert-OH is 1. The van der Waals surface area contributed by atoms with Crippen molar-refractivity contribution in [1.29, 1.82) is 0 Å². The van der Waals surface area contributed by atoms with Crippen LogP contribution in [0.1, 0.15) is 52.7 Å². The van der Waals surface area contributed by atoms with Crippen molar-refractivity contribution in [3.8, 4) is 0 Å². The number of amides is 3. The molecule has 0 spiro atoms. The molecule has 3 atom stereocenters. The molecule has 0 bridgehead atoms. The van der Waals surface area contributed by atoms with E-state index in [1.54, 1.807) is 6.20 Å². The Morgan fingerprint density at radius 2 is 1.67 bits per heavy atom. The van der Waals surface area contributed by atoms with E-state index in [4.69, 9.17) is 0 Å². The first-order valence-corrected chi connectivity index (χ1v) is 15.3. The van der Waals surface area contributed by atoms with Gasteiger partial charge in [-0.15, -0.1) is 11.8 Å². The van der Waals surface area contributed by atoms with Crippen LogP contribution < -0.4 is 5.32 Å². The highest BCUT2D eigenvalue weighted by molar-refractivity contribution is 8.15. The molecule has 224 valence electrons. The van der Waals surface area contributed by atoms with E-state index in [2.05, 4.69) is 24.2 Å². The largest absolute Gasteiger partial charge is 0.384 e. The van der Waals surface area contributed by atoms with Gasteiger partial charge < -0.3 is 15.3 Å². The quantitative estimate of drug-likeness (QED) is 0.429. The van der Waals surface area contributed by atoms with Gasteiger partial charge in [-0.25, -0.2) is 0 Å². The number of thioether (sulfide) groups is 1. The zero-order chi connectivity index (χ0) is 30.6. The Bertz CT molecular complexity index is 1340. The van der Waals surface area contributed by atoms with E-state index in [-0.39, 0.29) is 34.9 Å². The minimum absolute atomic E-state index is 0.127. The van der Waals surface area contributed by atoms with Gasteiger partial charge in [-0.05, 0) is 37.3 Å². The highest BCUT2D eigenvalue weighted by Gasteiger charge is 2.42. The van der Waals surface area contributed by atoms with E-state index in [1.807, 2.05) is 88.4 Å². The summed E-state index contributed by atoms with van der Waals surface area (Å²) >= 11 is 1.52. The van der Waals surface area contributed by atoms with Crippen molar-refractivity contribution in [2.75, 3.05) is 13.1 Å². The second-order valence-electron chi connectivity index (χ2n) is 12.2. The van der Waals surface area contributed by atoms with E-state index in [9.17, 15) is 19.5 Å². The number of nitrogens with zero attached hydrogens (tertiary/aromatic N) is 3. The Kier molecular flexibility index (Phi) is 9.94. The Labute approximate surface area is 253 Å². The zero-order valence-electron chi connectivity index (χ0n) is 25.3. The number of carbonyl (C=O) groups excluding carboxylic acids is 3. The fourth-order valence-electron chi connectivity index (χ4n) is 5.23. The molecule has 4 rings (SSSR count). The molecule has 2 heterocycles. The molecule has 8 nitrogen and oxygen atoms in total. The van der Waals surface area contributed by atoms with Crippen molar-refractivity contribution in [1.82, 2.24) is 15.1 Å². The number of aliphatic imine (C=N–C) groups is 1. The molecular formula is C33H42N4O4S. The van der Waals surface area contributed by atoms with Gasteiger partial charge in [0.25, 0.3) is 5.91 Å². The lowest BCUT2D eigenvalue weighted by Gasteiger charge is -2.41. The Morgan fingerprint density at radius 3 is 2.21 bits per heavy atom. The minimum Gasteiger partial charge on any atom is -0.384 e. The number of nitrogens with one attached hydrogen (secondary N) is 1. The van der Waals surface area contributed by atoms with Crippen LogP contribution in [0.15, 0.2) is 71.9 Å². The first-order valence-electron chi connectivity index (χ1n) is 14.5. The van der Waals surface area contributed by atoms with Gasteiger partial charge in [0.2, 0.25) is 11.8 Å². The molecule has 2 aromatic rings. The van der Waals surface area contributed by atoms with Crippen molar-refractivity contribution in [2.24, 2.45) is 16.8 Å². The highest BCUT2D eigenvalue weighted by atomic mass is 32.2. The molecular weight excluding hydrogens is 548 g/mol. The zero-order valence-corrected chi connectivity index (χ0v) is 26.1. The number of carbonyl (C=O) groups is 3. The predicted octanol–water partition coefficient (Wildman–Crippen LogP) is 4.35. The summed E-state index contributed by atoms with van der Waals surface area (Å²) in [5.41, 5.74) is 2.17. The molecule has 42 heavy (non-hydrogen) atoms. The summed E-state index contributed by atoms with van der Waals surface area (Å²) in [6, 6.07) is 17.6. The summed E-state index contributed by atoms with van der Waals surface area (Å²) in [5.74, 6) is -1.34. The van der Waals surface area contributed by atoms with Gasteiger partial charge in [0.15, 0.2) is 0 Å². The van der Waals surface area contributed by atoms with Crippen LogP contribution in [0.25, 0.3) is 5.70 Å². The maximum absolute atomic E-state index is 14.1. The summed E-state index contributed by atoms with van der Waals surface area (Å²) in [6.45, 7) is 11.9. The van der Waals surface area contributed by atoms with E-state index in [1.165, 1.54) is 21.6 Å². The summed E-state index contributed by atoms with van der Waals surface area (Å²) in [5, 5.41) is 15.0. The standard InChI is InChI=1S/C33H42N4O4S/c1-21(2)28-32(41)36(26(24-15-11-8-12-16-24)18-37(28)31(40)22(3)4)19-27(38)35-25(17-23-13-9-7-10-14-23)29(39)30-34-20-33(5,6)42-30/h7-16,18,21-22,25,28-29,39H,17,19-20H2,1-6H3,(H,35,38)/t25?,28-,29?/m1/s1. The number of benzene rings is 2. The minimum atomic E-state index is -0.996. The molecule has 0 fully saturated rings. The normalized spacial score (nSPS) is 19.9. The molecule has 3 amide bonds. The lowest BCUT2D eigenvalue weighted by atomic mass is 9.95. The maximum atomic E-state index is 14.1. The molecule has 2 aliphatic heterocycles. The van der Waals surface area contributed by atoms with Gasteiger partial charge in [-0.1, -0.05) is 88.4 Å². The van der Waals surface area contributed by atoms with Gasteiger partial charge in [0.1, 0.15) is 18.7 Å². The molecule has 9 heteroatoms. The lowest BCUT2D eigenvalue weighted by Crippen LogP contribution is -2.58. The van der Waals surface area contributed by atoms with Crippen LogP contribution in [0.2, 0.25) is 0 Å². The summed E-state index contributed by atoms with van der Waals surface area (Å²) in [6.07, 6.45) is 1.11. The predicted molar refractivity (Wildman–Crippen MR) is 168 cm³/mol. The van der Waals surface area contributed by atoms with Crippen molar-refractivity contribution in [3.05, 3.63) is 78.0 Å². The maximum Gasteiger partial charge on any atom is 0.250 e. The van der Waals surface area contributed by atoms with Gasteiger partial charge in [-0.3, -0.25) is 24.3 Å². The number of hydrogen-bond donors (Lipinski definition) is 2. The molecule has 0 aliphatic carbocycles. The second kappa shape index (κ2) is 13.3. The third-order valence-corrected chi connectivity index (χ3v) is 8.66. The summed E-state index contributed by atoms with van der Waals surface area (Å²) in [4.78, 5) is 48.6. The SMILES string of the molecule is CC(C)C(=O)N1C=C(c2ccccc2)N(CC(=O)NC(Cc2ccccc2)C(O)C2=NCC(C)(C)S2)C(=O)[C@H]1C(C)C. The van der Waals surface area contributed by atoms with Crippen LogP contribution in [-0.4, -0.2) is 73.7 Å². The van der Waals surface area contributed by atoms with Crippen LogP contribution in [0.5, 0.6) is 0 Å². The van der Waals surface area contributed by atoms with Crippen LogP contribution in [0, 0.1) is 11.8 Å². The van der Waals surface area contributed by atoms with E-state index in [0.717, 1.165) is 11.1 Å². The van der Waals surface area contributed by atoms with Gasteiger partial charge in [-0.2, -0.15) is 0 Å². The Balaban J connectivity index is 1.64. The summed E-state index contributed by atoms with van der Waals surface area (Å²) in [7, 11) is 0. The van der Waals surface area contributed by atoms with E-state index >= 15 is 0 Å². The van der Waals surface area contributed by atoms with Crippen LogP contribution in [0.3, 0.4) is 0 Å². The number of rotatable bonds is 10. The molecule has 2 aromatic carbocycles.